The van der Waals surface area contributed by atoms with E-state index in [1.807, 2.05) is 0 Å². The molecule has 0 fully saturated rings. The first-order chi connectivity index (χ1) is 7.81. The second-order valence-electron chi connectivity index (χ2n) is 2.62. The van der Waals surface area contributed by atoms with Gasteiger partial charge in [0.05, 0.1) is 52.9 Å². The van der Waals surface area contributed by atoms with Gasteiger partial charge in [0.2, 0.25) is 0 Å². The van der Waals surface area contributed by atoms with Crippen molar-refractivity contribution in [3.8, 4) is 0 Å². The number of hydrogen-bond acceptors (Lipinski definition) is 7. The number of ether oxygens (including phenoxy) is 2. The Bertz CT molecular complexity index is 150. The molecule has 2 N–H and O–H groups in total. The summed E-state index contributed by atoms with van der Waals surface area (Å²) < 4.78 is 30.4. The first-order valence-corrected chi connectivity index (χ1v) is 6.20. The predicted molar refractivity (Wildman–Crippen MR) is 56.7 cm³/mol. The Kier molecular flexibility index (Phi) is 13.0. The highest BCUT2D eigenvalue weighted by Gasteiger charge is 1.99. The maximum atomic E-state index is 11.0. The van der Waals surface area contributed by atoms with E-state index in [0.29, 0.717) is 0 Å². The summed E-state index contributed by atoms with van der Waals surface area (Å²) in [5, 5.41) is 16.8. The van der Waals surface area contributed by atoms with Crippen LogP contribution in [-0.4, -0.2) is 63.1 Å². The van der Waals surface area contributed by atoms with Gasteiger partial charge in [-0.2, -0.15) is 0 Å². The van der Waals surface area contributed by atoms with Crippen LogP contribution in [0.3, 0.4) is 0 Å². The molecular formula is C8H19O7P. The van der Waals surface area contributed by atoms with Gasteiger partial charge in [0.1, 0.15) is 0 Å². The van der Waals surface area contributed by atoms with Gasteiger partial charge in [-0.15, -0.1) is 0 Å². The van der Waals surface area contributed by atoms with Crippen LogP contribution in [0.25, 0.3) is 0 Å². The van der Waals surface area contributed by atoms with Crippen LogP contribution >= 0.6 is 8.25 Å². The van der Waals surface area contributed by atoms with Crippen LogP contribution in [0.15, 0.2) is 0 Å². The molecule has 0 aromatic rings. The van der Waals surface area contributed by atoms with Crippen molar-refractivity contribution in [2.24, 2.45) is 0 Å². The lowest BCUT2D eigenvalue weighted by Gasteiger charge is -2.06. The molecule has 0 saturated heterocycles. The molecule has 0 aromatic carbocycles. The van der Waals surface area contributed by atoms with Gasteiger partial charge in [-0.1, -0.05) is 0 Å². The summed E-state index contributed by atoms with van der Waals surface area (Å²) in [6, 6.07) is 0. The first kappa shape index (κ1) is 16.0. The third-order valence-corrected chi connectivity index (χ3v) is 2.25. The molecule has 0 aliphatic rings. The lowest BCUT2D eigenvalue weighted by Crippen LogP contribution is -2.07. The second kappa shape index (κ2) is 13.1. The smallest absolute Gasteiger partial charge is 0.319 e. The van der Waals surface area contributed by atoms with Crippen molar-refractivity contribution in [2.75, 3.05) is 52.9 Å². The highest BCUT2D eigenvalue weighted by molar-refractivity contribution is 7.33. The van der Waals surface area contributed by atoms with Crippen LogP contribution in [0, 0.1) is 0 Å². The highest BCUT2D eigenvalue weighted by Crippen LogP contribution is 2.22. The molecule has 0 saturated carbocycles. The molecule has 98 valence electrons. The molecule has 0 atom stereocenters. The zero-order valence-electron chi connectivity index (χ0n) is 9.09. The lowest BCUT2D eigenvalue weighted by molar-refractivity contribution is 0.0566. The van der Waals surface area contributed by atoms with Crippen molar-refractivity contribution in [1.29, 1.82) is 0 Å². The molecule has 0 aliphatic heterocycles. The maximum Gasteiger partial charge on any atom is 0.319 e. The first-order valence-electron chi connectivity index (χ1n) is 4.98. The molecule has 0 heterocycles. The minimum atomic E-state index is -2.50. The normalized spacial score (nSPS) is 11.2. The third kappa shape index (κ3) is 12.1. The van der Waals surface area contributed by atoms with E-state index < -0.39 is 8.25 Å². The number of aliphatic hydroxyl groups is 2. The van der Waals surface area contributed by atoms with E-state index in [-0.39, 0.29) is 52.9 Å². The van der Waals surface area contributed by atoms with Crippen molar-refractivity contribution in [2.45, 2.75) is 0 Å². The molecule has 0 unspecified atom stereocenters. The Morgan fingerprint density at radius 2 is 1.19 bits per heavy atom. The SMILES string of the molecule is O=[PH](OCCOCCO)OCCOCCO. The molecule has 0 aliphatic carbocycles. The van der Waals surface area contributed by atoms with E-state index in [1.165, 1.54) is 0 Å². The van der Waals surface area contributed by atoms with Crippen molar-refractivity contribution < 1.29 is 33.3 Å². The molecule has 0 rings (SSSR count). The number of aliphatic hydroxyl groups excluding tert-OH is 2. The van der Waals surface area contributed by atoms with Crippen LogP contribution in [-0.2, 0) is 23.1 Å². The minimum absolute atomic E-state index is 0.0477. The molecule has 0 amide bonds. The average molecular weight is 258 g/mol. The van der Waals surface area contributed by atoms with Gasteiger partial charge in [0, 0.05) is 0 Å². The number of rotatable bonds is 12. The fourth-order valence-electron chi connectivity index (χ4n) is 0.743. The van der Waals surface area contributed by atoms with Crippen molar-refractivity contribution in [3.63, 3.8) is 0 Å². The van der Waals surface area contributed by atoms with Crippen molar-refractivity contribution in [3.05, 3.63) is 0 Å². The van der Waals surface area contributed by atoms with Gasteiger partial charge in [-0.05, 0) is 0 Å². The van der Waals surface area contributed by atoms with Crippen LogP contribution in [0.2, 0.25) is 0 Å². The maximum absolute atomic E-state index is 11.0. The lowest BCUT2D eigenvalue weighted by atomic mass is 10.7. The number of hydrogen-bond donors (Lipinski definition) is 2. The van der Waals surface area contributed by atoms with Gasteiger partial charge >= 0.3 is 8.25 Å². The zero-order valence-corrected chi connectivity index (χ0v) is 10.1. The van der Waals surface area contributed by atoms with Gasteiger partial charge in [-0.3, -0.25) is 4.57 Å². The fourth-order valence-corrected chi connectivity index (χ4v) is 1.33. The van der Waals surface area contributed by atoms with E-state index in [4.69, 9.17) is 28.7 Å². The Labute approximate surface area is 95.2 Å². The monoisotopic (exact) mass is 258 g/mol. The van der Waals surface area contributed by atoms with Crippen molar-refractivity contribution in [1.82, 2.24) is 0 Å². The predicted octanol–water partition coefficient (Wildman–Crippen LogP) is -0.573. The van der Waals surface area contributed by atoms with E-state index in [2.05, 4.69) is 0 Å². The zero-order chi connectivity index (χ0) is 12.1. The third-order valence-electron chi connectivity index (χ3n) is 1.37. The average Bonchev–Trinajstić information content (AvgIpc) is 2.28. The fraction of sp³-hybridized carbons (Fsp3) is 1.00. The largest absolute Gasteiger partial charge is 0.394 e. The van der Waals surface area contributed by atoms with E-state index in [9.17, 15) is 4.57 Å². The summed E-state index contributed by atoms with van der Waals surface area (Å²) in [6.45, 7) is 1.23. The molecule has 0 bridgehead atoms. The Morgan fingerprint density at radius 3 is 1.56 bits per heavy atom. The molecule has 7 nitrogen and oxygen atoms in total. The highest BCUT2D eigenvalue weighted by atomic mass is 31.1. The molecular weight excluding hydrogens is 239 g/mol. The summed E-state index contributed by atoms with van der Waals surface area (Å²) in [5.41, 5.74) is 0. The van der Waals surface area contributed by atoms with Crippen molar-refractivity contribution >= 4 is 8.25 Å². The second-order valence-corrected chi connectivity index (χ2v) is 3.70. The van der Waals surface area contributed by atoms with Crippen LogP contribution in [0.4, 0.5) is 0 Å². The summed E-state index contributed by atoms with van der Waals surface area (Å²) in [5.74, 6) is 0. The van der Waals surface area contributed by atoms with E-state index >= 15 is 0 Å². The van der Waals surface area contributed by atoms with E-state index in [0.717, 1.165) is 0 Å². The Balaban J connectivity index is 3.12. The van der Waals surface area contributed by atoms with Crippen LogP contribution < -0.4 is 0 Å². The summed E-state index contributed by atoms with van der Waals surface area (Å²) in [7, 11) is -2.50. The topological polar surface area (TPSA) is 94.5 Å². The summed E-state index contributed by atoms with van der Waals surface area (Å²) in [4.78, 5) is 0. The quantitative estimate of drug-likeness (QED) is 0.357. The van der Waals surface area contributed by atoms with Crippen LogP contribution in [0.1, 0.15) is 0 Å². The van der Waals surface area contributed by atoms with Gasteiger partial charge in [0.25, 0.3) is 0 Å². The molecule has 8 heteroatoms. The van der Waals surface area contributed by atoms with Gasteiger partial charge in [-0.25, -0.2) is 0 Å². The Hall–Kier alpha value is -0.0100. The van der Waals surface area contributed by atoms with Gasteiger partial charge in [0.15, 0.2) is 0 Å². The standard InChI is InChI=1S/C8H19O7P/c9-1-3-12-5-7-14-16(11)15-8-6-13-4-2-10/h9-10,16H,1-8H2. The molecule has 0 spiro atoms. The molecule has 16 heavy (non-hydrogen) atoms. The summed E-state index contributed by atoms with van der Waals surface area (Å²) >= 11 is 0. The van der Waals surface area contributed by atoms with Gasteiger partial charge < -0.3 is 28.7 Å². The van der Waals surface area contributed by atoms with E-state index in [1.54, 1.807) is 0 Å². The Morgan fingerprint density at radius 1 is 0.750 bits per heavy atom. The van der Waals surface area contributed by atoms with Crippen LogP contribution in [0.5, 0.6) is 0 Å². The summed E-state index contributed by atoms with van der Waals surface area (Å²) in [6.07, 6.45) is 0. The minimum Gasteiger partial charge on any atom is -0.394 e. The molecule has 0 aromatic heterocycles. The molecule has 0 radical (unpaired) electrons.